The summed E-state index contributed by atoms with van der Waals surface area (Å²) in [5, 5.41) is 10.8. The number of hydrogen-bond donors (Lipinski definition) is 0. The zero-order valence-corrected chi connectivity index (χ0v) is 17.8. The van der Waals surface area contributed by atoms with Gasteiger partial charge in [0.25, 0.3) is 5.69 Å². The average Bonchev–Trinajstić information content (AvgIpc) is 2.61. The molecule has 2 fully saturated rings. The third-order valence-electron chi connectivity index (χ3n) is 5.39. The van der Waals surface area contributed by atoms with E-state index in [1.807, 2.05) is 12.1 Å². The Morgan fingerprint density at radius 2 is 1.75 bits per heavy atom. The quantitative estimate of drug-likeness (QED) is 0.432. The molecule has 7 heteroatoms. The molecule has 2 aliphatic rings. The van der Waals surface area contributed by atoms with Crippen LogP contribution in [0.3, 0.4) is 0 Å². The van der Waals surface area contributed by atoms with Gasteiger partial charge in [0.15, 0.2) is 0 Å². The van der Waals surface area contributed by atoms with Crippen LogP contribution >= 0.6 is 12.4 Å². The third kappa shape index (κ3) is 5.84. The van der Waals surface area contributed by atoms with E-state index in [-0.39, 0.29) is 34.2 Å². The number of rotatable bonds is 3. The molecule has 1 unspecified atom stereocenters. The van der Waals surface area contributed by atoms with Crippen molar-refractivity contribution in [3.05, 3.63) is 34.4 Å². The second kappa shape index (κ2) is 9.13. The fraction of sp³-hybridized carbons (Fsp3) is 0.619. The minimum Gasteiger partial charge on any atom is -0.369 e. The van der Waals surface area contributed by atoms with Crippen molar-refractivity contribution in [2.24, 2.45) is 0 Å². The number of non-ortho nitro benzene ring substituents is 1. The highest BCUT2D eigenvalue weighted by atomic mass is 35.5. The molecular weight excluding hydrogens is 378 g/mol. The van der Waals surface area contributed by atoms with Crippen LogP contribution in [0.2, 0.25) is 0 Å². The Hall–Kier alpha value is -1.81. The maximum atomic E-state index is 10.8. The lowest BCUT2D eigenvalue weighted by Gasteiger charge is -2.40. The Bertz CT molecular complexity index is 734. The molecule has 1 atom stereocenters. The number of nitro groups is 1. The monoisotopic (exact) mass is 407 g/mol. The smallest absolute Gasteiger partial charge is 0.269 e. The van der Waals surface area contributed by atoms with Gasteiger partial charge in [-0.2, -0.15) is 0 Å². The molecule has 0 spiro atoms. The summed E-state index contributed by atoms with van der Waals surface area (Å²) in [5.41, 5.74) is 0.756. The lowest BCUT2D eigenvalue weighted by molar-refractivity contribution is -0.384. The maximum absolute atomic E-state index is 10.8. The Morgan fingerprint density at radius 3 is 2.32 bits per heavy atom. The first-order valence-electron chi connectivity index (χ1n) is 9.68. The van der Waals surface area contributed by atoms with Crippen LogP contribution in [0.4, 0.5) is 11.4 Å². The average molecular weight is 408 g/mol. The molecule has 0 amide bonds. The molecule has 0 N–H and O–H groups in total. The lowest BCUT2D eigenvalue weighted by atomic mass is 9.88. The van der Waals surface area contributed by atoms with Gasteiger partial charge in [0, 0.05) is 44.0 Å². The molecule has 0 aliphatic carbocycles. The van der Waals surface area contributed by atoms with Crippen molar-refractivity contribution in [2.75, 3.05) is 37.6 Å². The number of halogens is 1. The number of anilines is 1. The first-order chi connectivity index (χ1) is 12.8. The molecule has 28 heavy (non-hydrogen) atoms. The third-order valence-corrected chi connectivity index (χ3v) is 5.39. The predicted molar refractivity (Wildman–Crippen MR) is 114 cm³/mol. The van der Waals surface area contributed by atoms with Gasteiger partial charge in [-0.3, -0.25) is 15.0 Å². The van der Waals surface area contributed by atoms with Gasteiger partial charge < -0.3 is 9.64 Å². The highest BCUT2D eigenvalue weighted by Crippen LogP contribution is 2.34. The Kier molecular flexibility index (Phi) is 7.33. The van der Waals surface area contributed by atoms with Crippen LogP contribution in [0.15, 0.2) is 24.3 Å². The summed E-state index contributed by atoms with van der Waals surface area (Å²) in [6, 6.07) is 6.80. The van der Waals surface area contributed by atoms with E-state index in [9.17, 15) is 10.1 Å². The first kappa shape index (κ1) is 22.5. The van der Waals surface area contributed by atoms with Gasteiger partial charge >= 0.3 is 0 Å². The summed E-state index contributed by atoms with van der Waals surface area (Å²) < 4.78 is 6.20. The first-order valence-corrected chi connectivity index (χ1v) is 9.68. The van der Waals surface area contributed by atoms with Crippen LogP contribution < -0.4 is 4.90 Å². The van der Waals surface area contributed by atoms with Gasteiger partial charge in [-0.1, -0.05) is 11.8 Å². The van der Waals surface area contributed by atoms with Gasteiger partial charge in [-0.15, -0.1) is 12.4 Å². The van der Waals surface area contributed by atoms with Crippen molar-refractivity contribution in [3.63, 3.8) is 0 Å². The fourth-order valence-corrected chi connectivity index (χ4v) is 3.94. The second-order valence-corrected chi connectivity index (χ2v) is 8.28. The minimum atomic E-state index is -0.363. The van der Waals surface area contributed by atoms with Crippen LogP contribution in [0, 0.1) is 22.0 Å². The number of hydrogen-bond acceptors (Lipinski definition) is 5. The van der Waals surface area contributed by atoms with Gasteiger partial charge in [0.05, 0.1) is 17.1 Å². The molecule has 0 aromatic heterocycles. The van der Waals surface area contributed by atoms with E-state index < -0.39 is 0 Å². The highest BCUT2D eigenvalue weighted by Gasteiger charge is 2.35. The van der Waals surface area contributed by atoms with Crippen molar-refractivity contribution in [2.45, 2.75) is 51.2 Å². The molecule has 2 heterocycles. The van der Waals surface area contributed by atoms with Crippen LogP contribution in [0.1, 0.15) is 40.0 Å². The van der Waals surface area contributed by atoms with E-state index in [0.29, 0.717) is 0 Å². The van der Waals surface area contributed by atoms with Crippen LogP contribution in [0.5, 0.6) is 0 Å². The van der Waals surface area contributed by atoms with Crippen molar-refractivity contribution in [1.29, 1.82) is 0 Å². The van der Waals surface area contributed by atoms with Crippen LogP contribution in [-0.2, 0) is 4.74 Å². The summed E-state index contributed by atoms with van der Waals surface area (Å²) in [6.45, 7) is 10.8. The van der Waals surface area contributed by atoms with Gasteiger partial charge in [0.2, 0.25) is 0 Å². The maximum Gasteiger partial charge on any atom is 0.269 e. The largest absolute Gasteiger partial charge is 0.369 e. The molecule has 0 bridgehead atoms. The van der Waals surface area contributed by atoms with E-state index >= 15 is 0 Å². The molecule has 154 valence electrons. The van der Waals surface area contributed by atoms with Crippen LogP contribution in [-0.4, -0.2) is 53.7 Å². The van der Waals surface area contributed by atoms with Crippen molar-refractivity contribution in [3.8, 4) is 11.8 Å². The number of nitro benzene ring substituents is 1. The highest BCUT2D eigenvalue weighted by molar-refractivity contribution is 5.85. The zero-order chi connectivity index (χ0) is 19.5. The zero-order valence-electron chi connectivity index (χ0n) is 16.9. The summed E-state index contributed by atoms with van der Waals surface area (Å²) in [4.78, 5) is 15.0. The molecule has 1 aromatic carbocycles. The molecule has 2 aliphatic heterocycles. The van der Waals surface area contributed by atoms with Gasteiger partial charge in [-0.05, 0) is 52.2 Å². The molecular formula is C21H30ClN3O3. The van der Waals surface area contributed by atoms with Gasteiger partial charge in [-0.25, -0.2) is 0 Å². The van der Waals surface area contributed by atoms with E-state index in [0.717, 1.165) is 57.7 Å². The van der Waals surface area contributed by atoms with Crippen LogP contribution in [0.25, 0.3) is 0 Å². The predicted octanol–water partition coefficient (Wildman–Crippen LogP) is 3.88. The molecule has 0 radical (unpaired) electrons. The molecule has 2 saturated heterocycles. The lowest BCUT2D eigenvalue weighted by Crippen LogP contribution is -2.46. The summed E-state index contributed by atoms with van der Waals surface area (Å²) in [6.07, 6.45) is 3.25. The fourth-order valence-electron chi connectivity index (χ4n) is 3.94. The standard InChI is InChI=1S/C21H29N3O3.ClH/c1-20(2)10-4-11-21(3,27-20)12-5-13-22-14-16-23(17-15-22)18-6-8-19(9-7-18)24(25)26;/h6-9H,4,10-11,13-17H2,1-3H3;1H. The van der Waals surface area contributed by atoms with Crippen molar-refractivity contribution >= 4 is 23.8 Å². The molecule has 6 nitrogen and oxygen atoms in total. The summed E-state index contributed by atoms with van der Waals surface area (Å²) >= 11 is 0. The summed E-state index contributed by atoms with van der Waals surface area (Å²) in [5.74, 6) is 6.70. The van der Waals surface area contributed by atoms with E-state index in [4.69, 9.17) is 4.74 Å². The van der Waals surface area contributed by atoms with E-state index in [1.54, 1.807) is 12.1 Å². The second-order valence-electron chi connectivity index (χ2n) is 8.28. The topological polar surface area (TPSA) is 58.9 Å². The SMILES string of the molecule is CC1(C)CCCC(C)(C#CCN2CCN(c3ccc([N+](=O)[O-])cc3)CC2)O1.Cl. The Labute approximate surface area is 173 Å². The molecule has 0 saturated carbocycles. The number of ether oxygens (including phenoxy) is 1. The number of nitrogens with zero attached hydrogens (tertiary/aromatic N) is 3. The minimum absolute atomic E-state index is 0. The summed E-state index contributed by atoms with van der Waals surface area (Å²) in [7, 11) is 0. The molecule has 3 rings (SSSR count). The van der Waals surface area contributed by atoms with Crippen molar-refractivity contribution in [1.82, 2.24) is 4.90 Å². The van der Waals surface area contributed by atoms with E-state index in [2.05, 4.69) is 42.4 Å². The normalized spacial score (nSPS) is 24.6. The Morgan fingerprint density at radius 1 is 1.11 bits per heavy atom. The number of piperazine rings is 1. The van der Waals surface area contributed by atoms with Gasteiger partial charge in [0.1, 0.15) is 5.60 Å². The Balaban J connectivity index is 0.00000280. The van der Waals surface area contributed by atoms with Crippen molar-refractivity contribution < 1.29 is 9.66 Å². The van der Waals surface area contributed by atoms with E-state index in [1.165, 1.54) is 0 Å². The molecule has 1 aromatic rings. The number of benzene rings is 1.